The first-order valence-electron chi connectivity index (χ1n) is 7.37. The molecule has 0 spiro atoms. The first kappa shape index (κ1) is 13.5. The second kappa shape index (κ2) is 5.57. The molecule has 3 aromatic heterocycles. The van der Waals surface area contributed by atoms with Crippen LogP contribution >= 0.6 is 0 Å². The zero-order chi connectivity index (χ0) is 15.6. The van der Waals surface area contributed by atoms with Crippen LogP contribution in [-0.4, -0.2) is 22.1 Å². The molecule has 3 heterocycles. The average Bonchev–Trinajstić information content (AvgIpc) is 3.06. The molecular formula is C19H15N3O. The van der Waals surface area contributed by atoms with Crippen molar-refractivity contribution in [2.45, 2.75) is 0 Å². The van der Waals surface area contributed by atoms with Gasteiger partial charge in [-0.25, -0.2) is 0 Å². The van der Waals surface area contributed by atoms with E-state index in [1.807, 2.05) is 55.0 Å². The number of nitrogens with one attached hydrogen (secondary N) is 1. The molecule has 0 saturated carbocycles. The number of nitrogens with zero attached hydrogens (tertiary/aromatic N) is 2. The van der Waals surface area contributed by atoms with Gasteiger partial charge in [-0.2, -0.15) is 0 Å². The molecule has 0 aliphatic carbocycles. The van der Waals surface area contributed by atoms with Gasteiger partial charge in [0.1, 0.15) is 5.75 Å². The highest BCUT2D eigenvalue weighted by atomic mass is 16.5. The predicted molar refractivity (Wildman–Crippen MR) is 91.3 cm³/mol. The van der Waals surface area contributed by atoms with Gasteiger partial charge in [0.05, 0.1) is 18.1 Å². The van der Waals surface area contributed by atoms with Gasteiger partial charge < -0.3 is 9.72 Å². The molecule has 4 heteroatoms. The van der Waals surface area contributed by atoms with E-state index in [0.717, 1.165) is 39.0 Å². The minimum absolute atomic E-state index is 0.846. The van der Waals surface area contributed by atoms with Crippen molar-refractivity contribution in [2.75, 3.05) is 7.11 Å². The van der Waals surface area contributed by atoms with Crippen molar-refractivity contribution >= 4 is 11.0 Å². The number of methoxy groups -OCH3 is 1. The first-order valence-corrected chi connectivity index (χ1v) is 7.37. The van der Waals surface area contributed by atoms with Crippen LogP contribution in [0.25, 0.3) is 33.3 Å². The molecule has 4 nitrogen and oxygen atoms in total. The SMILES string of the molecule is COc1ccc(-c2cncc(-c3c[nH]c4cccnc34)c2)cc1. The van der Waals surface area contributed by atoms with Gasteiger partial charge in [-0.1, -0.05) is 12.1 Å². The Kier molecular flexibility index (Phi) is 3.27. The Labute approximate surface area is 133 Å². The molecular weight excluding hydrogens is 286 g/mol. The summed E-state index contributed by atoms with van der Waals surface area (Å²) in [5, 5.41) is 0. The van der Waals surface area contributed by atoms with Crippen molar-refractivity contribution in [3.8, 4) is 28.0 Å². The number of ether oxygens (including phenoxy) is 1. The summed E-state index contributed by atoms with van der Waals surface area (Å²) in [7, 11) is 1.67. The predicted octanol–water partition coefficient (Wildman–Crippen LogP) is 4.30. The number of aromatic amines is 1. The summed E-state index contributed by atoms with van der Waals surface area (Å²) >= 11 is 0. The monoisotopic (exact) mass is 301 g/mol. The topological polar surface area (TPSA) is 50.8 Å². The molecule has 112 valence electrons. The Morgan fingerprint density at radius 1 is 0.957 bits per heavy atom. The molecule has 0 radical (unpaired) electrons. The van der Waals surface area contributed by atoms with E-state index in [1.165, 1.54) is 0 Å². The van der Waals surface area contributed by atoms with Crippen LogP contribution in [0, 0.1) is 0 Å². The quantitative estimate of drug-likeness (QED) is 0.614. The molecule has 0 saturated heterocycles. The molecule has 23 heavy (non-hydrogen) atoms. The van der Waals surface area contributed by atoms with Crippen LogP contribution in [0.1, 0.15) is 0 Å². The number of hydrogen-bond donors (Lipinski definition) is 1. The molecule has 1 aromatic carbocycles. The standard InChI is InChI=1S/C19H15N3O/c1-23-16-6-4-13(5-7-16)14-9-15(11-20-10-14)17-12-22-18-3-2-8-21-19(17)18/h2-12,22H,1H3. The Bertz CT molecular complexity index is 958. The number of pyridine rings is 2. The Hall–Kier alpha value is -3.14. The average molecular weight is 301 g/mol. The van der Waals surface area contributed by atoms with Crippen molar-refractivity contribution in [3.63, 3.8) is 0 Å². The van der Waals surface area contributed by atoms with E-state index < -0.39 is 0 Å². The van der Waals surface area contributed by atoms with Crippen LogP contribution in [0.15, 0.2) is 67.3 Å². The van der Waals surface area contributed by atoms with E-state index >= 15 is 0 Å². The van der Waals surface area contributed by atoms with E-state index in [4.69, 9.17) is 4.74 Å². The van der Waals surface area contributed by atoms with E-state index in [2.05, 4.69) is 21.0 Å². The lowest BCUT2D eigenvalue weighted by Crippen LogP contribution is -1.85. The van der Waals surface area contributed by atoms with Crippen LogP contribution < -0.4 is 4.74 Å². The Balaban J connectivity index is 1.79. The third kappa shape index (κ3) is 2.44. The molecule has 0 fully saturated rings. The van der Waals surface area contributed by atoms with Crippen LogP contribution in [0.2, 0.25) is 0 Å². The van der Waals surface area contributed by atoms with Crippen molar-refractivity contribution in [1.82, 2.24) is 15.0 Å². The second-order valence-electron chi connectivity index (χ2n) is 5.29. The van der Waals surface area contributed by atoms with Crippen LogP contribution in [-0.2, 0) is 0 Å². The van der Waals surface area contributed by atoms with Gasteiger partial charge in [0.15, 0.2) is 0 Å². The third-order valence-electron chi connectivity index (χ3n) is 3.91. The van der Waals surface area contributed by atoms with Crippen molar-refractivity contribution in [3.05, 3.63) is 67.3 Å². The van der Waals surface area contributed by atoms with Crippen LogP contribution in [0.5, 0.6) is 5.75 Å². The largest absolute Gasteiger partial charge is 0.497 e. The molecule has 0 atom stereocenters. The maximum Gasteiger partial charge on any atom is 0.118 e. The highest BCUT2D eigenvalue weighted by Gasteiger charge is 2.08. The zero-order valence-electron chi connectivity index (χ0n) is 12.7. The first-order chi connectivity index (χ1) is 11.3. The molecule has 0 unspecified atom stereocenters. The molecule has 0 aliphatic rings. The minimum atomic E-state index is 0.846. The van der Waals surface area contributed by atoms with E-state index in [0.29, 0.717) is 0 Å². The maximum absolute atomic E-state index is 5.21. The molecule has 4 rings (SSSR count). The van der Waals surface area contributed by atoms with Gasteiger partial charge in [-0.05, 0) is 35.9 Å². The van der Waals surface area contributed by atoms with Gasteiger partial charge >= 0.3 is 0 Å². The van der Waals surface area contributed by atoms with Gasteiger partial charge in [0.25, 0.3) is 0 Å². The van der Waals surface area contributed by atoms with E-state index in [9.17, 15) is 0 Å². The van der Waals surface area contributed by atoms with E-state index in [-0.39, 0.29) is 0 Å². The summed E-state index contributed by atoms with van der Waals surface area (Å²) in [6.45, 7) is 0. The summed E-state index contributed by atoms with van der Waals surface area (Å²) in [5.41, 5.74) is 6.26. The summed E-state index contributed by atoms with van der Waals surface area (Å²) in [4.78, 5) is 12.1. The minimum Gasteiger partial charge on any atom is -0.497 e. The summed E-state index contributed by atoms with van der Waals surface area (Å²) in [6, 6.07) is 14.1. The van der Waals surface area contributed by atoms with Crippen molar-refractivity contribution in [1.29, 1.82) is 0 Å². The zero-order valence-corrected chi connectivity index (χ0v) is 12.7. The fourth-order valence-corrected chi connectivity index (χ4v) is 2.70. The normalized spacial score (nSPS) is 10.8. The van der Waals surface area contributed by atoms with Gasteiger partial charge in [-0.3, -0.25) is 9.97 Å². The number of hydrogen-bond acceptors (Lipinski definition) is 3. The lowest BCUT2D eigenvalue weighted by atomic mass is 10.0. The number of H-pyrrole nitrogens is 1. The third-order valence-corrected chi connectivity index (χ3v) is 3.91. The maximum atomic E-state index is 5.21. The highest BCUT2D eigenvalue weighted by molar-refractivity contribution is 5.92. The van der Waals surface area contributed by atoms with Crippen LogP contribution in [0.3, 0.4) is 0 Å². The summed E-state index contributed by atoms with van der Waals surface area (Å²) in [5.74, 6) is 0.846. The Morgan fingerprint density at radius 2 is 1.78 bits per heavy atom. The fourth-order valence-electron chi connectivity index (χ4n) is 2.70. The molecule has 0 aliphatic heterocycles. The highest BCUT2D eigenvalue weighted by Crippen LogP contribution is 2.30. The number of fused-ring (bicyclic) bond motifs is 1. The van der Waals surface area contributed by atoms with Crippen molar-refractivity contribution in [2.24, 2.45) is 0 Å². The van der Waals surface area contributed by atoms with Gasteiger partial charge in [0.2, 0.25) is 0 Å². The lowest BCUT2D eigenvalue weighted by molar-refractivity contribution is 0.415. The number of aromatic nitrogens is 3. The van der Waals surface area contributed by atoms with E-state index in [1.54, 1.807) is 13.3 Å². The molecule has 4 aromatic rings. The molecule has 0 bridgehead atoms. The number of benzene rings is 1. The summed E-state index contributed by atoms with van der Waals surface area (Å²) in [6.07, 6.45) is 7.52. The lowest BCUT2D eigenvalue weighted by Gasteiger charge is -2.05. The molecule has 0 amide bonds. The Morgan fingerprint density at radius 3 is 2.61 bits per heavy atom. The fraction of sp³-hybridized carbons (Fsp3) is 0.0526. The second-order valence-corrected chi connectivity index (χ2v) is 5.29. The summed E-state index contributed by atoms with van der Waals surface area (Å²) < 4.78 is 5.21. The number of rotatable bonds is 3. The van der Waals surface area contributed by atoms with Gasteiger partial charge in [0, 0.05) is 41.5 Å². The molecule has 1 N–H and O–H groups in total. The van der Waals surface area contributed by atoms with Gasteiger partial charge in [-0.15, -0.1) is 0 Å². The smallest absolute Gasteiger partial charge is 0.118 e. The van der Waals surface area contributed by atoms with Crippen LogP contribution in [0.4, 0.5) is 0 Å². The van der Waals surface area contributed by atoms with Crippen molar-refractivity contribution < 1.29 is 4.74 Å².